The largest absolute Gasteiger partial charge is 0.459 e. The third kappa shape index (κ3) is 5.29. The molecule has 0 radical (unpaired) electrons. The number of aliphatic hydroxyl groups is 1. The standard InChI is InChI=1S/C14H21NO3/c1-10(2)15-8-13(16)9-18-14(17)12-6-4-5-11(3)7-12/h4-7,10,13,15-16H,8-9H2,1-3H3/t13-/m0/s1. The van der Waals surface area contributed by atoms with Gasteiger partial charge in [0.1, 0.15) is 12.7 Å². The summed E-state index contributed by atoms with van der Waals surface area (Å²) in [6.45, 7) is 6.32. The number of carbonyl (C=O) groups excluding carboxylic acids is 1. The number of rotatable bonds is 6. The van der Waals surface area contributed by atoms with Crippen molar-refractivity contribution in [3.63, 3.8) is 0 Å². The van der Waals surface area contributed by atoms with E-state index in [-0.39, 0.29) is 6.61 Å². The third-order valence-corrected chi connectivity index (χ3v) is 2.42. The topological polar surface area (TPSA) is 58.6 Å². The molecule has 4 nitrogen and oxygen atoms in total. The van der Waals surface area contributed by atoms with Crippen molar-refractivity contribution >= 4 is 5.97 Å². The van der Waals surface area contributed by atoms with E-state index in [0.717, 1.165) is 5.56 Å². The van der Waals surface area contributed by atoms with Gasteiger partial charge in [0.2, 0.25) is 0 Å². The van der Waals surface area contributed by atoms with Crippen molar-refractivity contribution in [2.24, 2.45) is 0 Å². The first-order valence-electron chi connectivity index (χ1n) is 6.14. The zero-order chi connectivity index (χ0) is 13.5. The van der Waals surface area contributed by atoms with Crippen molar-refractivity contribution in [2.75, 3.05) is 13.2 Å². The van der Waals surface area contributed by atoms with Crippen LogP contribution in [0.2, 0.25) is 0 Å². The Hall–Kier alpha value is -1.39. The van der Waals surface area contributed by atoms with Crippen LogP contribution in [0.5, 0.6) is 0 Å². The highest BCUT2D eigenvalue weighted by Gasteiger charge is 2.11. The average Bonchev–Trinajstić information content (AvgIpc) is 2.33. The molecule has 0 fully saturated rings. The highest BCUT2D eigenvalue weighted by Crippen LogP contribution is 2.05. The summed E-state index contributed by atoms with van der Waals surface area (Å²) < 4.78 is 5.05. The van der Waals surface area contributed by atoms with Crippen LogP contribution >= 0.6 is 0 Å². The van der Waals surface area contributed by atoms with Crippen molar-refractivity contribution in [3.05, 3.63) is 35.4 Å². The molecular weight excluding hydrogens is 230 g/mol. The van der Waals surface area contributed by atoms with Crippen LogP contribution in [-0.4, -0.2) is 36.4 Å². The van der Waals surface area contributed by atoms with E-state index in [1.165, 1.54) is 0 Å². The molecule has 0 unspecified atom stereocenters. The lowest BCUT2D eigenvalue weighted by atomic mass is 10.1. The number of nitrogens with one attached hydrogen (secondary N) is 1. The monoisotopic (exact) mass is 251 g/mol. The molecule has 0 bridgehead atoms. The highest BCUT2D eigenvalue weighted by molar-refractivity contribution is 5.89. The van der Waals surface area contributed by atoms with Gasteiger partial charge in [-0.25, -0.2) is 4.79 Å². The molecule has 0 spiro atoms. The molecule has 0 saturated carbocycles. The Morgan fingerprint density at radius 3 is 2.78 bits per heavy atom. The number of hydrogen-bond acceptors (Lipinski definition) is 4. The van der Waals surface area contributed by atoms with Crippen LogP contribution in [0, 0.1) is 6.92 Å². The molecule has 0 aromatic heterocycles. The van der Waals surface area contributed by atoms with Crippen LogP contribution in [0.4, 0.5) is 0 Å². The second-order valence-corrected chi connectivity index (χ2v) is 4.68. The third-order valence-electron chi connectivity index (χ3n) is 2.42. The summed E-state index contributed by atoms with van der Waals surface area (Å²) in [4.78, 5) is 11.7. The van der Waals surface area contributed by atoms with Crippen LogP contribution in [0.25, 0.3) is 0 Å². The van der Waals surface area contributed by atoms with Gasteiger partial charge < -0.3 is 15.2 Å². The highest BCUT2D eigenvalue weighted by atomic mass is 16.5. The number of benzene rings is 1. The normalized spacial score (nSPS) is 12.5. The van der Waals surface area contributed by atoms with Gasteiger partial charge in [0.05, 0.1) is 5.56 Å². The van der Waals surface area contributed by atoms with Gasteiger partial charge in [-0.1, -0.05) is 31.5 Å². The minimum absolute atomic E-state index is 0.00644. The fraction of sp³-hybridized carbons (Fsp3) is 0.500. The fourth-order valence-electron chi connectivity index (χ4n) is 1.46. The van der Waals surface area contributed by atoms with Gasteiger partial charge in [0, 0.05) is 12.6 Å². The van der Waals surface area contributed by atoms with Crippen LogP contribution < -0.4 is 5.32 Å². The maximum absolute atomic E-state index is 11.7. The zero-order valence-corrected chi connectivity index (χ0v) is 11.1. The Morgan fingerprint density at radius 1 is 1.44 bits per heavy atom. The lowest BCUT2D eigenvalue weighted by Gasteiger charge is -2.14. The number of esters is 1. The maximum Gasteiger partial charge on any atom is 0.338 e. The average molecular weight is 251 g/mol. The Bertz CT molecular complexity index is 390. The molecule has 0 saturated heterocycles. The number of carbonyl (C=O) groups is 1. The first-order chi connectivity index (χ1) is 8.49. The Balaban J connectivity index is 2.37. The smallest absolute Gasteiger partial charge is 0.338 e. The molecule has 0 aliphatic heterocycles. The van der Waals surface area contributed by atoms with Gasteiger partial charge in [-0.2, -0.15) is 0 Å². The summed E-state index contributed by atoms with van der Waals surface area (Å²) >= 11 is 0. The van der Waals surface area contributed by atoms with E-state index in [1.807, 2.05) is 32.9 Å². The Labute approximate surface area is 108 Å². The van der Waals surface area contributed by atoms with Crippen molar-refractivity contribution in [1.29, 1.82) is 0 Å². The maximum atomic E-state index is 11.7. The van der Waals surface area contributed by atoms with E-state index in [1.54, 1.807) is 12.1 Å². The lowest BCUT2D eigenvalue weighted by molar-refractivity contribution is 0.0256. The van der Waals surface area contributed by atoms with Crippen molar-refractivity contribution in [2.45, 2.75) is 32.9 Å². The van der Waals surface area contributed by atoms with E-state index < -0.39 is 12.1 Å². The molecule has 0 aliphatic carbocycles. The van der Waals surface area contributed by atoms with E-state index >= 15 is 0 Å². The van der Waals surface area contributed by atoms with E-state index in [4.69, 9.17) is 4.74 Å². The number of hydrogen-bond donors (Lipinski definition) is 2. The SMILES string of the molecule is Cc1cccc(C(=O)OC[C@@H](O)CNC(C)C)c1. The molecule has 0 heterocycles. The molecule has 0 aliphatic rings. The predicted octanol–water partition coefficient (Wildman–Crippen LogP) is 1.51. The van der Waals surface area contributed by atoms with Crippen molar-refractivity contribution in [1.82, 2.24) is 5.32 Å². The minimum atomic E-state index is -0.679. The predicted molar refractivity (Wildman–Crippen MR) is 70.6 cm³/mol. The van der Waals surface area contributed by atoms with E-state index in [0.29, 0.717) is 18.2 Å². The molecule has 1 aromatic rings. The second-order valence-electron chi connectivity index (χ2n) is 4.68. The number of aliphatic hydroxyl groups excluding tert-OH is 1. The second kappa shape index (κ2) is 7.13. The number of ether oxygens (including phenoxy) is 1. The van der Waals surface area contributed by atoms with E-state index in [2.05, 4.69) is 5.32 Å². The van der Waals surface area contributed by atoms with Gasteiger partial charge in [0.15, 0.2) is 0 Å². The summed E-state index contributed by atoms with van der Waals surface area (Å²) in [7, 11) is 0. The molecule has 1 atom stereocenters. The summed E-state index contributed by atoms with van der Waals surface area (Å²) in [5, 5.41) is 12.7. The summed E-state index contributed by atoms with van der Waals surface area (Å²) in [6, 6.07) is 7.49. The fourth-order valence-corrected chi connectivity index (χ4v) is 1.46. The van der Waals surface area contributed by atoms with Crippen LogP contribution in [-0.2, 0) is 4.74 Å². The molecule has 1 aromatic carbocycles. The zero-order valence-electron chi connectivity index (χ0n) is 11.1. The Morgan fingerprint density at radius 2 is 2.17 bits per heavy atom. The molecule has 18 heavy (non-hydrogen) atoms. The molecule has 0 amide bonds. The summed E-state index contributed by atoms with van der Waals surface area (Å²) in [5.41, 5.74) is 1.52. The van der Waals surface area contributed by atoms with Gasteiger partial charge in [0.25, 0.3) is 0 Å². The van der Waals surface area contributed by atoms with Crippen LogP contribution in [0.3, 0.4) is 0 Å². The van der Waals surface area contributed by atoms with E-state index in [9.17, 15) is 9.90 Å². The Kier molecular flexibility index (Phi) is 5.82. The van der Waals surface area contributed by atoms with Crippen LogP contribution in [0.15, 0.2) is 24.3 Å². The van der Waals surface area contributed by atoms with Gasteiger partial charge in [-0.15, -0.1) is 0 Å². The molecule has 100 valence electrons. The molecule has 2 N–H and O–H groups in total. The molecular formula is C14H21NO3. The van der Waals surface area contributed by atoms with Gasteiger partial charge in [-0.3, -0.25) is 0 Å². The van der Waals surface area contributed by atoms with Crippen molar-refractivity contribution in [3.8, 4) is 0 Å². The minimum Gasteiger partial charge on any atom is -0.459 e. The van der Waals surface area contributed by atoms with Crippen LogP contribution in [0.1, 0.15) is 29.8 Å². The quantitative estimate of drug-likeness (QED) is 0.752. The molecule has 1 rings (SSSR count). The van der Waals surface area contributed by atoms with Gasteiger partial charge >= 0.3 is 5.97 Å². The lowest BCUT2D eigenvalue weighted by Crippen LogP contribution is -2.35. The summed E-state index contributed by atoms with van der Waals surface area (Å²) in [6.07, 6.45) is -0.679. The summed E-state index contributed by atoms with van der Waals surface area (Å²) in [5.74, 6) is -0.401. The molecule has 4 heteroatoms. The first kappa shape index (κ1) is 14.7. The first-order valence-corrected chi connectivity index (χ1v) is 6.14. The van der Waals surface area contributed by atoms with Gasteiger partial charge in [-0.05, 0) is 19.1 Å². The van der Waals surface area contributed by atoms with Crippen molar-refractivity contribution < 1.29 is 14.6 Å². The number of aryl methyl sites for hydroxylation is 1.